The maximum atomic E-state index is 12.0. The van der Waals surface area contributed by atoms with Crippen molar-refractivity contribution in [2.75, 3.05) is 0 Å². The molecular weight excluding hydrogens is 284 g/mol. The number of rotatable bonds is 2. The molecule has 0 bridgehead atoms. The first-order chi connectivity index (χ1) is 10.6. The van der Waals surface area contributed by atoms with Crippen molar-refractivity contribution in [3.05, 3.63) is 0 Å². The molecule has 0 radical (unpaired) electrons. The Morgan fingerprint density at radius 2 is 0.773 bits per heavy atom. The van der Waals surface area contributed by atoms with Gasteiger partial charge in [-0.2, -0.15) is 10.2 Å². The van der Waals surface area contributed by atoms with Crippen LogP contribution < -0.4 is 0 Å². The molecule has 2 saturated carbocycles. The van der Waals surface area contributed by atoms with Crippen LogP contribution in [0.3, 0.4) is 0 Å². The average molecular weight is 306 g/mol. The summed E-state index contributed by atoms with van der Waals surface area (Å²) in [7, 11) is 0. The summed E-state index contributed by atoms with van der Waals surface area (Å²) >= 11 is 0. The predicted octanol–water partition coefficient (Wildman–Crippen LogP) is 2.38. The first kappa shape index (κ1) is 16.6. The van der Waals surface area contributed by atoms with Crippen LogP contribution >= 0.6 is 0 Å². The SMILES string of the molecule is O=C1CCCCCC(=O)C1N=NC1C(=O)CCCCCC1=O. The van der Waals surface area contributed by atoms with Gasteiger partial charge in [0.05, 0.1) is 0 Å². The van der Waals surface area contributed by atoms with Crippen molar-refractivity contribution in [3.63, 3.8) is 0 Å². The van der Waals surface area contributed by atoms with Gasteiger partial charge in [0.25, 0.3) is 0 Å². The molecule has 0 aromatic heterocycles. The molecule has 0 saturated heterocycles. The van der Waals surface area contributed by atoms with Gasteiger partial charge >= 0.3 is 0 Å². The summed E-state index contributed by atoms with van der Waals surface area (Å²) < 4.78 is 0. The second-order valence-corrected chi connectivity index (χ2v) is 6.02. The lowest BCUT2D eigenvalue weighted by Crippen LogP contribution is -2.32. The standard InChI is InChI=1S/C16H22N2O4/c19-11-7-3-1-4-8-12(20)15(11)17-18-16-13(21)9-5-2-6-10-14(16)22/h15-16H,1-10H2. The van der Waals surface area contributed by atoms with E-state index in [9.17, 15) is 19.2 Å². The number of azo groups is 1. The number of hydrogen-bond acceptors (Lipinski definition) is 6. The van der Waals surface area contributed by atoms with E-state index in [0.29, 0.717) is 25.7 Å². The fourth-order valence-electron chi connectivity index (χ4n) is 2.85. The number of carbonyl (C=O) groups excluding carboxylic acids is 4. The first-order valence-corrected chi connectivity index (χ1v) is 8.10. The van der Waals surface area contributed by atoms with E-state index in [1.807, 2.05) is 0 Å². The molecule has 0 heterocycles. The normalized spacial score (nSPS) is 24.2. The van der Waals surface area contributed by atoms with Crippen molar-refractivity contribution in [1.82, 2.24) is 0 Å². The number of carbonyl (C=O) groups is 4. The highest BCUT2D eigenvalue weighted by Gasteiger charge is 2.30. The lowest BCUT2D eigenvalue weighted by atomic mass is 9.94. The van der Waals surface area contributed by atoms with Crippen LogP contribution in [0.2, 0.25) is 0 Å². The quantitative estimate of drug-likeness (QED) is 0.578. The molecule has 6 nitrogen and oxygen atoms in total. The summed E-state index contributed by atoms with van der Waals surface area (Å²) in [6, 6.07) is -2.24. The summed E-state index contributed by atoms with van der Waals surface area (Å²) in [6.45, 7) is 0. The second-order valence-electron chi connectivity index (χ2n) is 6.02. The molecule has 0 spiro atoms. The molecule has 22 heavy (non-hydrogen) atoms. The fourth-order valence-corrected chi connectivity index (χ4v) is 2.85. The molecule has 0 amide bonds. The number of ketones is 4. The fraction of sp³-hybridized carbons (Fsp3) is 0.750. The zero-order valence-corrected chi connectivity index (χ0v) is 12.8. The Morgan fingerprint density at radius 3 is 1.05 bits per heavy atom. The Morgan fingerprint density at radius 1 is 0.500 bits per heavy atom. The summed E-state index contributed by atoms with van der Waals surface area (Å²) in [6.07, 6.45) is 5.95. The van der Waals surface area contributed by atoms with Gasteiger partial charge in [0, 0.05) is 25.7 Å². The topological polar surface area (TPSA) is 93.0 Å². The van der Waals surface area contributed by atoms with Gasteiger partial charge in [-0.05, 0) is 25.7 Å². The van der Waals surface area contributed by atoms with Crippen molar-refractivity contribution in [3.8, 4) is 0 Å². The van der Waals surface area contributed by atoms with Crippen LogP contribution in [-0.2, 0) is 19.2 Å². The zero-order valence-electron chi connectivity index (χ0n) is 12.8. The van der Waals surface area contributed by atoms with Gasteiger partial charge < -0.3 is 0 Å². The van der Waals surface area contributed by atoms with E-state index in [1.165, 1.54) is 0 Å². The molecule has 2 rings (SSSR count). The lowest BCUT2D eigenvalue weighted by Gasteiger charge is -2.15. The second kappa shape index (κ2) is 8.06. The van der Waals surface area contributed by atoms with E-state index in [1.54, 1.807) is 0 Å². The summed E-state index contributed by atoms with van der Waals surface area (Å²) in [5.41, 5.74) is 0. The minimum Gasteiger partial charge on any atom is -0.297 e. The monoisotopic (exact) mass is 306 g/mol. The molecule has 0 unspecified atom stereocenters. The van der Waals surface area contributed by atoms with Gasteiger partial charge in [-0.1, -0.05) is 12.8 Å². The van der Waals surface area contributed by atoms with Gasteiger partial charge in [0.1, 0.15) is 0 Å². The molecule has 0 N–H and O–H groups in total. The smallest absolute Gasteiger partial charge is 0.187 e. The maximum Gasteiger partial charge on any atom is 0.187 e. The molecule has 120 valence electrons. The molecular formula is C16H22N2O4. The van der Waals surface area contributed by atoms with Gasteiger partial charge in [0.15, 0.2) is 35.2 Å². The van der Waals surface area contributed by atoms with Crippen molar-refractivity contribution in [2.24, 2.45) is 10.2 Å². The predicted molar refractivity (Wildman–Crippen MR) is 78.6 cm³/mol. The molecule has 0 atom stereocenters. The highest BCUT2D eigenvalue weighted by molar-refractivity contribution is 6.08. The zero-order chi connectivity index (χ0) is 15.9. The van der Waals surface area contributed by atoms with Crippen LogP contribution in [0.4, 0.5) is 0 Å². The van der Waals surface area contributed by atoms with Crippen LogP contribution in [0.15, 0.2) is 10.2 Å². The first-order valence-electron chi connectivity index (χ1n) is 8.10. The average Bonchev–Trinajstić information content (AvgIpc) is 2.47. The van der Waals surface area contributed by atoms with E-state index in [2.05, 4.69) is 10.2 Å². The Kier molecular flexibility index (Phi) is 6.10. The molecule has 0 aromatic carbocycles. The van der Waals surface area contributed by atoms with Gasteiger partial charge in [-0.3, -0.25) is 19.2 Å². The summed E-state index contributed by atoms with van der Waals surface area (Å²) in [5.74, 6) is -1.00. The van der Waals surface area contributed by atoms with Crippen molar-refractivity contribution in [1.29, 1.82) is 0 Å². The van der Waals surface area contributed by atoms with Crippen LogP contribution in [0.1, 0.15) is 64.2 Å². The number of Topliss-reactive ketones (excluding diaryl/α,β-unsaturated/α-hetero) is 4. The van der Waals surface area contributed by atoms with E-state index in [4.69, 9.17) is 0 Å². The number of hydrogen-bond donors (Lipinski definition) is 0. The van der Waals surface area contributed by atoms with Crippen LogP contribution in [-0.4, -0.2) is 35.2 Å². The minimum atomic E-state index is -1.12. The van der Waals surface area contributed by atoms with E-state index < -0.39 is 12.1 Å². The Hall–Kier alpha value is -1.72. The molecule has 0 aromatic rings. The van der Waals surface area contributed by atoms with Crippen LogP contribution in [0.5, 0.6) is 0 Å². The highest BCUT2D eigenvalue weighted by atomic mass is 16.2. The molecule has 0 aliphatic heterocycles. The lowest BCUT2D eigenvalue weighted by molar-refractivity contribution is -0.132. The van der Waals surface area contributed by atoms with E-state index in [0.717, 1.165) is 38.5 Å². The Labute approximate surface area is 129 Å². The Balaban J connectivity index is 2.11. The van der Waals surface area contributed by atoms with Gasteiger partial charge in [0.2, 0.25) is 0 Å². The van der Waals surface area contributed by atoms with Gasteiger partial charge in [-0.15, -0.1) is 0 Å². The van der Waals surface area contributed by atoms with Crippen molar-refractivity contribution in [2.45, 2.75) is 76.3 Å². The van der Waals surface area contributed by atoms with E-state index in [-0.39, 0.29) is 23.1 Å². The van der Waals surface area contributed by atoms with Gasteiger partial charge in [-0.25, -0.2) is 0 Å². The molecule has 6 heteroatoms. The minimum absolute atomic E-state index is 0.251. The molecule has 2 aliphatic rings. The molecule has 2 fully saturated rings. The third-order valence-electron chi connectivity index (χ3n) is 4.21. The third-order valence-corrected chi connectivity index (χ3v) is 4.21. The molecule has 2 aliphatic carbocycles. The third kappa shape index (κ3) is 4.39. The summed E-state index contributed by atoms with van der Waals surface area (Å²) in [5, 5.41) is 7.66. The number of nitrogens with zero attached hydrogens (tertiary/aromatic N) is 2. The Bertz CT molecular complexity index is 418. The maximum absolute atomic E-state index is 12.0. The van der Waals surface area contributed by atoms with E-state index >= 15 is 0 Å². The highest BCUT2D eigenvalue weighted by Crippen LogP contribution is 2.18. The van der Waals surface area contributed by atoms with Crippen LogP contribution in [0, 0.1) is 0 Å². The van der Waals surface area contributed by atoms with Crippen molar-refractivity contribution >= 4 is 23.1 Å². The summed E-state index contributed by atoms with van der Waals surface area (Å²) in [4.78, 5) is 48.0. The largest absolute Gasteiger partial charge is 0.297 e. The van der Waals surface area contributed by atoms with Crippen LogP contribution in [0.25, 0.3) is 0 Å². The van der Waals surface area contributed by atoms with Crippen molar-refractivity contribution < 1.29 is 19.2 Å².